The first-order chi connectivity index (χ1) is 64.9. The van der Waals surface area contributed by atoms with E-state index in [1.165, 1.54) is 27.5 Å². The predicted molar refractivity (Wildman–Crippen MR) is 501 cm³/mol. The van der Waals surface area contributed by atoms with Gasteiger partial charge in [0.2, 0.25) is 35.4 Å². The molecule has 6 aromatic rings. The summed E-state index contributed by atoms with van der Waals surface area (Å²) in [6.45, 7) is 16.9. The Balaban J connectivity index is 0.00000395. The Morgan fingerprint density at radius 2 is 1.23 bits per heavy atom. The number of phenols is 1. The normalized spacial score (nSPS) is 12.9. The molecule has 3 heterocycles. The number of aliphatic carboxylic acids is 2. The Hall–Kier alpha value is -12.3. The molecule has 0 radical (unpaired) electrons. The lowest BCUT2D eigenvalue weighted by Gasteiger charge is -2.38. The standard InChI is InChI=1S/C93H131ClN16O20.C2HF3O2/c1-62(2)86(104-83(114)31-43-127-50-52-129-51-49-126-42-30-82(113)99-36-39-107(84(115)32-44-124-46-37-101-92(123)130-93(5,6)7)38-35-98-81(112)29-41-125-47-48-128-45-33-85(116)117)88(119)103-78(20-15-34-100-91(96)122)87(118)102-70-23-21-67(68(53-70)59-97-8)61-110(11,12)40-16-19-72-54-65-17-13-14-18-66(65)60-108(72)89(120)75-28-22-69(94)55-77(75)80-57-76(63(3)106(80)10)90(121)109(71-24-26-74(111)27-25-71)79-56-73(58-95)105(9)64(79)4;3-2(4,5)1(6)7/h13-14,17-18,21-28,53,55-57,62,72,78,86,97H,15-16,19-20,29-52,54,59-61H2,1-12H3,(H10-,96,98,99,100,101,102,103,104,111,112,113,114,116,117,118,119,122,123);(H,6,7)/t72-,78+,86+;/m1./s1. The zero-order chi connectivity index (χ0) is 101. The molecule has 4 aromatic carbocycles. The van der Waals surface area contributed by atoms with E-state index in [9.17, 15) is 66.7 Å². The molecule has 137 heavy (non-hydrogen) atoms. The topological polar surface area (TPSA) is 499 Å². The Labute approximate surface area is 801 Å². The van der Waals surface area contributed by atoms with E-state index < -0.39 is 71.6 Å². The van der Waals surface area contributed by atoms with Crippen molar-refractivity contribution in [2.75, 3.05) is 156 Å². The summed E-state index contributed by atoms with van der Waals surface area (Å²) in [4.78, 5) is 159. The number of alkyl carbamates (subject to hydrolysis) is 1. The van der Waals surface area contributed by atoms with Crippen molar-refractivity contribution >= 4 is 100.0 Å². The summed E-state index contributed by atoms with van der Waals surface area (Å²) < 4.78 is 73.9. The number of halogens is 4. The van der Waals surface area contributed by atoms with Crippen molar-refractivity contribution in [1.29, 1.82) is 5.26 Å². The number of nitrogens with two attached hydrogens (primary N) is 1. The van der Waals surface area contributed by atoms with Gasteiger partial charge in [0.25, 0.3) is 11.8 Å². The number of alkyl halides is 3. The lowest BCUT2D eigenvalue weighted by atomic mass is 9.90. The van der Waals surface area contributed by atoms with E-state index >= 15 is 9.59 Å². The first kappa shape index (κ1) is 113. The highest BCUT2D eigenvalue weighted by Gasteiger charge is 2.36. The van der Waals surface area contributed by atoms with Gasteiger partial charge in [-0.2, -0.15) is 18.4 Å². The third kappa shape index (κ3) is 39.4. The summed E-state index contributed by atoms with van der Waals surface area (Å²) in [6.07, 6.45) is -3.51. The third-order valence-electron chi connectivity index (χ3n) is 22.0. The molecule has 0 saturated heterocycles. The molecule has 0 spiro atoms. The Kier molecular flexibility index (Phi) is 47.3. The quantitative estimate of drug-likeness (QED) is 0.0132. The van der Waals surface area contributed by atoms with Crippen LogP contribution in [0.5, 0.6) is 5.75 Å². The van der Waals surface area contributed by atoms with Gasteiger partial charge in [0.15, 0.2) is 0 Å². The molecule has 7 rings (SSSR count). The number of carbonyl (C=O) groups excluding carboxylic acids is 11. The second-order valence-corrected chi connectivity index (χ2v) is 35.0. The number of nitrogens with one attached hydrogen (secondary N) is 8. The maximum absolute atomic E-state index is 15.5. The number of ether oxygens (including phenoxy) is 7. The number of anilines is 3. The van der Waals surface area contributed by atoms with Gasteiger partial charge in [-0.25, -0.2) is 9.59 Å². The minimum Gasteiger partial charge on any atom is -0.542 e. The maximum Gasteiger partial charge on any atom is 0.430 e. The smallest absolute Gasteiger partial charge is 0.430 e. The molecule has 12 N–H and O–H groups in total. The number of hydrogen-bond acceptors (Lipinski definition) is 23. The van der Waals surface area contributed by atoms with Crippen LogP contribution in [0.25, 0.3) is 11.3 Å². The lowest BCUT2D eigenvalue weighted by Crippen LogP contribution is -2.54. The number of carboxylic acid groups (broad SMARTS) is 2. The van der Waals surface area contributed by atoms with Gasteiger partial charge >= 0.3 is 24.3 Å². The molecule has 1 aliphatic rings. The molecule has 752 valence electrons. The van der Waals surface area contributed by atoms with Crippen LogP contribution in [-0.2, 0) is 112 Å². The number of amides is 11. The van der Waals surface area contributed by atoms with E-state index in [2.05, 4.69) is 74.8 Å². The second kappa shape index (κ2) is 57.1. The SMILES string of the molecule is CNCc1cc(NC(=O)[C@H](CCCNC(N)=O)NC(=O)[C@@H](NC(=O)CCOCCOCCOCCC(=O)NCCN(CCNC(=O)CCOCCOCCC(=O)O)C(=O)CCOCCNC(=O)OC(C)(C)C)C(C)C)ccc1C[N+](C)(C)CCC[C@@H]1Cc2ccccc2CN1C(=O)c1ccc(Cl)cc1-c1cc(C(=O)N(c2ccc(O)cc2)c2cc(C#N)n(C)c2C)c(C)n1C.O=C([O-])C(F)(F)F. The second-order valence-electron chi connectivity index (χ2n) is 34.5. The number of fused-ring (bicyclic) bond motifs is 1. The molecular weight excluding hydrogens is 1810 g/mol. The number of hydrogen-bond donors (Lipinski definition) is 11. The van der Waals surface area contributed by atoms with Crippen molar-refractivity contribution in [1.82, 2.24) is 56.2 Å². The van der Waals surface area contributed by atoms with Crippen LogP contribution in [0, 0.1) is 31.1 Å². The fourth-order valence-corrected chi connectivity index (χ4v) is 14.8. The molecule has 2 aromatic heterocycles. The maximum atomic E-state index is 15.5. The van der Waals surface area contributed by atoms with Crippen LogP contribution < -0.4 is 58.3 Å². The molecule has 0 fully saturated rings. The van der Waals surface area contributed by atoms with Gasteiger partial charge in [0, 0.05) is 142 Å². The highest BCUT2D eigenvalue weighted by Crippen LogP contribution is 2.39. The number of nitrogens with zero attached hydrogens (tertiary/aromatic N) is 7. The van der Waals surface area contributed by atoms with Crippen molar-refractivity contribution in [2.24, 2.45) is 25.7 Å². The van der Waals surface area contributed by atoms with E-state index in [0.29, 0.717) is 98.5 Å². The number of carbonyl (C=O) groups is 12. The fourth-order valence-electron chi connectivity index (χ4n) is 14.7. The van der Waals surface area contributed by atoms with Gasteiger partial charge in [-0.15, -0.1) is 0 Å². The van der Waals surface area contributed by atoms with Crippen LogP contribution in [0.2, 0.25) is 5.02 Å². The van der Waals surface area contributed by atoms with Crippen LogP contribution in [0.15, 0.2) is 97.1 Å². The highest BCUT2D eigenvalue weighted by atomic mass is 35.5. The van der Waals surface area contributed by atoms with Gasteiger partial charge < -0.3 is 125 Å². The number of aromatic nitrogens is 2. The van der Waals surface area contributed by atoms with Crippen LogP contribution in [-0.4, -0.2) is 281 Å². The van der Waals surface area contributed by atoms with Crippen molar-refractivity contribution < 1.29 is 124 Å². The first-order valence-electron chi connectivity index (χ1n) is 45.2. The van der Waals surface area contributed by atoms with Gasteiger partial charge in [0.05, 0.1) is 124 Å². The minimum atomic E-state index is -5.19. The van der Waals surface area contributed by atoms with E-state index in [1.54, 1.807) is 88.7 Å². The summed E-state index contributed by atoms with van der Waals surface area (Å²) in [5.41, 5.74) is 13.9. The summed E-state index contributed by atoms with van der Waals surface area (Å²) in [5, 5.41) is 60.8. The summed E-state index contributed by atoms with van der Waals surface area (Å²) >= 11 is 6.82. The summed E-state index contributed by atoms with van der Waals surface area (Å²) in [5.74, 6) is -7.44. The van der Waals surface area contributed by atoms with E-state index in [-0.39, 0.29) is 205 Å². The van der Waals surface area contributed by atoms with Crippen LogP contribution in [0.4, 0.5) is 39.8 Å². The molecule has 0 aliphatic carbocycles. The van der Waals surface area contributed by atoms with Crippen molar-refractivity contribution in [3.63, 3.8) is 0 Å². The minimum absolute atomic E-state index is 0.00584. The number of benzene rings is 4. The van der Waals surface area contributed by atoms with Crippen molar-refractivity contribution in [2.45, 2.75) is 162 Å². The molecule has 42 heteroatoms. The Bertz CT molecular complexity index is 5060. The fraction of sp³-hybridized carbons (Fsp3) is 0.526. The van der Waals surface area contributed by atoms with E-state index in [0.717, 1.165) is 29.7 Å². The number of aromatic hydroxyl groups is 1. The molecular formula is C95H132ClF3N16O22. The first-order valence-corrected chi connectivity index (χ1v) is 45.6. The van der Waals surface area contributed by atoms with Crippen LogP contribution in [0.3, 0.4) is 0 Å². The van der Waals surface area contributed by atoms with E-state index in [1.807, 2.05) is 67.7 Å². The van der Waals surface area contributed by atoms with Gasteiger partial charge in [-0.05, 0) is 163 Å². The highest BCUT2D eigenvalue weighted by molar-refractivity contribution is 6.31. The molecule has 38 nitrogen and oxygen atoms in total. The number of phenolic OH excluding ortho intramolecular Hbond substituents is 1. The number of carboxylic acids is 2. The average Bonchev–Trinajstić information content (AvgIpc) is 1.63. The van der Waals surface area contributed by atoms with Crippen LogP contribution >= 0.6 is 11.6 Å². The van der Waals surface area contributed by atoms with Crippen molar-refractivity contribution in [3.05, 3.63) is 153 Å². The predicted octanol–water partition coefficient (Wildman–Crippen LogP) is 7.23. The number of urea groups is 1. The van der Waals surface area contributed by atoms with Crippen molar-refractivity contribution in [3.8, 4) is 23.1 Å². The summed E-state index contributed by atoms with van der Waals surface area (Å²) in [6, 6.07) is 28.0. The lowest BCUT2D eigenvalue weighted by molar-refractivity contribution is -0.903. The number of rotatable bonds is 56. The zero-order valence-electron chi connectivity index (χ0n) is 80.0. The molecule has 0 bridgehead atoms. The Morgan fingerprint density at radius 3 is 1.80 bits per heavy atom. The number of primary amides is 1. The third-order valence-corrected chi connectivity index (χ3v) is 22.3. The number of quaternary nitrogens is 1. The molecule has 1 aliphatic heterocycles. The van der Waals surface area contributed by atoms with Gasteiger partial charge in [-0.3, -0.25) is 48.1 Å². The molecule has 11 amide bonds. The summed E-state index contributed by atoms with van der Waals surface area (Å²) in [7, 11) is 9.76. The van der Waals surface area contributed by atoms with Gasteiger partial charge in [0.1, 0.15) is 47.7 Å². The number of nitriles is 1. The van der Waals surface area contributed by atoms with E-state index in [4.69, 9.17) is 65.5 Å². The molecule has 0 unspecified atom stereocenters. The molecule has 3 atom stereocenters. The largest absolute Gasteiger partial charge is 0.542 e. The zero-order valence-corrected chi connectivity index (χ0v) is 80.7. The monoisotopic (exact) mass is 1940 g/mol. The van der Waals surface area contributed by atoms with Gasteiger partial charge in [-0.1, -0.05) is 55.8 Å². The molecule has 0 saturated carbocycles. The van der Waals surface area contributed by atoms with Crippen LogP contribution in [0.1, 0.15) is 152 Å². The Morgan fingerprint density at radius 1 is 0.657 bits per heavy atom. The average molecular weight is 1940 g/mol.